The lowest BCUT2D eigenvalue weighted by atomic mass is 9.84. The molecule has 2 aliphatic heterocycles. The van der Waals surface area contributed by atoms with E-state index in [1.807, 2.05) is 22.6 Å². The Morgan fingerprint density at radius 1 is 1.31 bits per heavy atom. The van der Waals surface area contributed by atoms with E-state index in [1.165, 1.54) is 0 Å². The van der Waals surface area contributed by atoms with Crippen molar-refractivity contribution in [3.05, 3.63) is 33.4 Å². The molecule has 0 saturated carbocycles. The maximum absolute atomic E-state index is 13.7. The summed E-state index contributed by atoms with van der Waals surface area (Å²) in [6.45, 7) is 9.77. The molecule has 190 valence electrons. The first-order valence-corrected chi connectivity index (χ1v) is 12.9. The summed E-state index contributed by atoms with van der Waals surface area (Å²) in [5.74, 6) is -0.0369. The molecule has 9 nitrogen and oxygen atoms in total. The molecule has 35 heavy (non-hydrogen) atoms. The van der Waals surface area contributed by atoms with Gasteiger partial charge in [-0.3, -0.25) is 19.2 Å². The van der Waals surface area contributed by atoms with Gasteiger partial charge in [0, 0.05) is 57.3 Å². The molecule has 4 heterocycles. The van der Waals surface area contributed by atoms with Gasteiger partial charge in [-0.1, -0.05) is 5.57 Å². The van der Waals surface area contributed by atoms with Crippen molar-refractivity contribution < 1.29 is 14.3 Å². The number of fused-ring (bicyclic) bond motifs is 3. The standard InChI is InChI=1S/C26H37N5O4/c1-17-12-23-21(24-22(25(32)28-23)14-27-31(24)19-6-11-35-16-19)13-20(17)26(33)30-9-8-29(18(2)15-30)7-4-5-10-34-3/h12,14,18-20H,4-11,13,15-16H2,1-3H3,(H,28,32)/t18-,19-,20?/m0/s1. The number of H-pyrrole nitrogens is 1. The molecule has 1 unspecified atom stereocenters. The molecule has 1 N–H and O–H groups in total. The number of hydrogen-bond donors (Lipinski definition) is 1. The van der Waals surface area contributed by atoms with Crippen molar-refractivity contribution in [2.24, 2.45) is 5.92 Å². The molecule has 3 atom stereocenters. The number of ether oxygens (including phenoxy) is 2. The highest BCUT2D eigenvalue weighted by molar-refractivity contribution is 5.89. The molecule has 1 amide bonds. The molecule has 2 aromatic rings. The van der Waals surface area contributed by atoms with E-state index in [4.69, 9.17) is 9.47 Å². The molecule has 5 rings (SSSR count). The third-order valence-electron chi connectivity index (χ3n) is 7.90. The molecule has 9 heteroatoms. The van der Waals surface area contributed by atoms with Crippen molar-refractivity contribution in [3.63, 3.8) is 0 Å². The number of rotatable bonds is 7. The first-order valence-electron chi connectivity index (χ1n) is 12.9. The van der Waals surface area contributed by atoms with E-state index in [0.29, 0.717) is 31.1 Å². The molecule has 2 fully saturated rings. The largest absolute Gasteiger partial charge is 0.385 e. The second-order valence-electron chi connectivity index (χ2n) is 10.2. The van der Waals surface area contributed by atoms with Crippen LogP contribution in [0.1, 0.15) is 50.4 Å². The van der Waals surface area contributed by atoms with Crippen LogP contribution in [0, 0.1) is 5.92 Å². The van der Waals surface area contributed by atoms with Gasteiger partial charge in [0.15, 0.2) is 0 Å². The number of aromatic nitrogens is 3. The number of carbonyl (C=O) groups is 1. The molecule has 3 aliphatic rings. The predicted octanol–water partition coefficient (Wildman–Crippen LogP) is 2.22. The van der Waals surface area contributed by atoms with Gasteiger partial charge in [0.2, 0.25) is 5.91 Å². The molecule has 1 aliphatic carbocycles. The summed E-state index contributed by atoms with van der Waals surface area (Å²) in [6.07, 6.45) is 7.27. The average Bonchev–Trinajstić information content (AvgIpc) is 3.52. The van der Waals surface area contributed by atoms with Gasteiger partial charge in [0.1, 0.15) is 0 Å². The van der Waals surface area contributed by atoms with Crippen LogP contribution in [0.3, 0.4) is 0 Å². The van der Waals surface area contributed by atoms with E-state index in [2.05, 4.69) is 21.9 Å². The van der Waals surface area contributed by atoms with Crippen LogP contribution >= 0.6 is 0 Å². The number of nitrogens with zero attached hydrogens (tertiary/aromatic N) is 4. The minimum absolute atomic E-state index is 0.123. The minimum Gasteiger partial charge on any atom is -0.385 e. The van der Waals surface area contributed by atoms with Crippen LogP contribution < -0.4 is 5.56 Å². The highest BCUT2D eigenvalue weighted by atomic mass is 16.5. The Kier molecular flexibility index (Phi) is 7.09. The SMILES string of the molecule is COCCCCN1CCN(C(=O)C2Cc3c([nH]c(=O)c4cnn([C@H]5CCOC5)c34)C=C2C)C[C@@H]1C. The number of aromatic amines is 1. The van der Waals surface area contributed by atoms with Crippen molar-refractivity contribution in [1.82, 2.24) is 24.6 Å². The molecular formula is C26H37N5O4. The fraction of sp³-hybridized carbons (Fsp3) is 0.654. The van der Waals surface area contributed by atoms with Crippen LogP contribution in [0.25, 0.3) is 17.0 Å². The number of carbonyl (C=O) groups excluding carboxylic acids is 1. The van der Waals surface area contributed by atoms with Crippen LogP contribution in [-0.2, 0) is 20.7 Å². The Bertz CT molecular complexity index is 1160. The second kappa shape index (κ2) is 10.2. The third-order valence-corrected chi connectivity index (χ3v) is 7.90. The van der Waals surface area contributed by atoms with E-state index >= 15 is 0 Å². The minimum atomic E-state index is -0.222. The summed E-state index contributed by atoms with van der Waals surface area (Å²) in [5.41, 5.74) is 3.54. The molecular weight excluding hydrogens is 446 g/mol. The highest BCUT2D eigenvalue weighted by Crippen LogP contribution is 2.34. The number of unbranched alkanes of at least 4 members (excludes halogenated alkanes) is 1. The summed E-state index contributed by atoms with van der Waals surface area (Å²) in [4.78, 5) is 34.1. The Hall–Kier alpha value is -2.49. The zero-order valence-corrected chi connectivity index (χ0v) is 21.1. The van der Waals surface area contributed by atoms with Crippen molar-refractivity contribution >= 4 is 22.9 Å². The summed E-state index contributed by atoms with van der Waals surface area (Å²) >= 11 is 0. The maximum atomic E-state index is 13.7. The first-order chi connectivity index (χ1) is 17.0. The monoisotopic (exact) mass is 483 g/mol. The van der Waals surface area contributed by atoms with E-state index in [-0.39, 0.29) is 23.4 Å². The Balaban J connectivity index is 1.35. The third kappa shape index (κ3) is 4.69. The Morgan fingerprint density at radius 2 is 2.17 bits per heavy atom. The number of pyridine rings is 1. The van der Waals surface area contributed by atoms with Gasteiger partial charge in [-0.25, -0.2) is 0 Å². The number of hydrogen-bond acceptors (Lipinski definition) is 6. The number of nitrogens with one attached hydrogen (secondary N) is 1. The molecule has 2 saturated heterocycles. The number of methoxy groups -OCH3 is 1. The number of amides is 1. The summed E-state index contributed by atoms with van der Waals surface area (Å²) < 4.78 is 12.7. The molecule has 0 aromatic carbocycles. The summed E-state index contributed by atoms with van der Waals surface area (Å²) in [7, 11) is 1.74. The van der Waals surface area contributed by atoms with E-state index in [9.17, 15) is 9.59 Å². The van der Waals surface area contributed by atoms with Crippen LogP contribution in [0.5, 0.6) is 0 Å². The lowest BCUT2D eigenvalue weighted by Crippen LogP contribution is -2.55. The van der Waals surface area contributed by atoms with Crippen molar-refractivity contribution in [1.29, 1.82) is 0 Å². The Morgan fingerprint density at radius 3 is 2.91 bits per heavy atom. The van der Waals surface area contributed by atoms with Gasteiger partial charge in [-0.2, -0.15) is 5.10 Å². The summed E-state index contributed by atoms with van der Waals surface area (Å²) in [6, 6.07) is 0.458. The predicted molar refractivity (Wildman–Crippen MR) is 134 cm³/mol. The maximum Gasteiger partial charge on any atom is 0.259 e. The van der Waals surface area contributed by atoms with Crippen LogP contribution in [0.4, 0.5) is 0 Å². The van der Waals surface area contributed by atoms with Crippen molar-refractivity contribution in [2.45, 2.75) is 51.6 Å². The average molecular weight is 484 g/mol. The topological polar surface area (TPSA) is 92.7 Å². The van der Waals surface area contributed by atoms with E-state index < -0.39 is 0 Å². The summed E-state index contributed by atoms with van der Waals surface area (Å²) in [5, 5.41) is 5.16. The lowest BCUT2D eigenvalue weighted by molar-refractivity contribution is -0.137. The molecule has 0 bridgehead atoms. The first kappa shape index (κ1) is 24.2. The van der Waals surface area contributed by atoms with Crippen molar-refractivity contribution in [2.75, 3.05) is 53.1 Å². The zero-order chi connectivity index (χ0) is 24.5. The van der Waals surface area contributed by atoms with E-state index in [0.717, 1.165) is 74.4 Å². The fourth-order valence-electron chi connectivity index (χ4n) is 5.83. The quantitative estimate of drug-likeness (QED) is 0.607. The molecule has 0 spiro atoms. The molecule has 2 aromatic heterocycles. The lowest BCUT2D eigenvalue weighted by Gasteiger charge is -2.41. The van der Waals surface area contributed by atoms with Gasteiger partial charge in [-0.05, 0) is 52.2 Å². The zero-order valence-electron chi connectivity index (χ0n) is 21.1. The number of piperazine rings is 1. The van der Waals surface area contributed by atoms with Crippen molar-refractivity contribution in [3.8, 4) is 0 Å². The van der Waals surface area contributed by atoms with Gasteiger partial charge >= 0.3 is 0 Å². The normalized spacial score (nSPS) is 25.2. The smallest absolute Gasteiger partial charge is 0.259 e. The second-order valence-corrected chi connectivity index (χ2v) is 10.2. The van der Waals surface area contributed by atoms with Gasteiger partial charge in [-0.15, -0.1) is 0 Å². The van der Waals surface area contributed by atoms with Crippen LogP contribution in [0.15, 0.2) is 16.6 Å². The van der Waals surface area contributed by atoms with Gasteiger partial charge < -0.3 is 19.4 Å². The van der Waals surface area contributed by atoms with Gasteiger partial charge in [0.25, 0.3) is 5.56 Å². The Labute approximate surface area is 206 Å². The van der Waals surface area contributed by atoms with Crippen LogP contribution in [-0.4, -0.2) is 89.6 Å². The van der Waals surface area contributed by atoms with E-state index in [1.54, 1.807) is 13.3 Å². The van der Waals surface area contributed by atoms with Crippen LogP contribution in [0.2, 0.25) is 0 Å². The fourth-order valence-corrected chi connectivity index (χ4v) is 5.83. The van der Waals surface area contributed by atoms with Gasteiger partial charge in [0.05, 0.1) is 35.7 Å². The highest BCUT2D eigenvalue weighted by Gasteiger charge is 2.35. The molecule has 0 radical (unpaired) electrons.